The fourth-order valence-electron chi connectivity index (χ4n) is 4.09. The summed E-state index contributed by atoms with van der Waals surface area (Å²) in [5.74, 6) is -0.402. The Morgan fingerprint density at radius 2 is 1.87 bits per heavy atom. The van der Waals surface area contributed by atoms with Crippen LogP contribution in [0.2, 0.25) is 5.02 Å². The molecule has 2 aliphatic rings. The van der Waals surface area contributed by atoms with Crippen molar-refractivity contribution in [2.45, 2.75) is 38.1 Å². The molecule has 1 saturated heterocycles. The number of nitro groups is 1. The third-order valence-electron chi connectivity index (χ3n) is 5.91. The second-order valence-corrected chi connectivity index (χ2v) is 10.4. The summed E-state index contributed by atoms with van der Waals surface area (Å²) in [5, 5.41) is 13.9. The summed E-state index contributed by atoms with van der Waals surface area (Å²) < 4.78 is 28.9. The smallest absolute Gasteiger partial charge is 0.294 e. The van der Waals surface area contributed by atoms with Crippen molar-refractivity contribution in [3.63, 3.8) is 0 Å². The Labute approximate surface area is 187 Å². The second-order valence-electron chi connectivity index (χ2n) is 7.96. The van der Waals surface area contributed by atoms with Gasteiger partial charge >= 0.3 is 0 Å². The molecule has 172 valence electrons. The first kappa shape index (κ1) is 23.9. The fourth-order valence-corrected chi connectivity index (χ4v) is 5.83. The maximum Gasteiger partial charge on any atom is 0.294 e. The minimum absolute atomic E-state index is 0.0200. The Morgan fingerprint density at radius 3 is 2.48 bits per heavy atom. The minimum atomic E-state index is -3.53. The van der Waals surface area contributed by atoms with Crippen LogP contribution in [0.5, 0.6) is 0 Å². The highest BCUT2D eigenvalue weighted by Gasteiger charge is 2.34. The van der Waals surface area contributed by atoms with E-state index in [1.807, 2.05) is 4.90 Å². The van der Waals surface area contributed by atoms with E-state index < -0.39 is 21.0 Å². The molecular weight excluding hydrogens is 446 g/mol. The molecule has 1 aliphatic carbocycles. The van der Waals surface area contributed by atoms with E-state index >= 15 is 0 Å². The highest BCUT2D eigenvalue weighted by atomic mass is 35.5. The largest absolute Gasteiger partial charge is 0.319 e. The summed E-state index contributed by atoms with van der Waals surface area (Å²) in [7, 11) is -1.87. The lowest BCUT2D eigenvalue weighted by atomic mass is 9.96. The highest BCUT2D eigenvalue weighted by Crippen LogP contribution is 2.28. The van der Waals surface area contributed by atoms with Gasteiger partial charge in [0.1, 0.15) is 5.69 Å². The van der Waals surface area contributed by atoms with Crippen LogP contribution in [-0.2, 0) is 15.0 Å². The molecule has 1 aromatic carbocycles. The number of rotatable bonds is 7. The molecule has 1 saturated carbocycles. The number of anilines is 1. The van der Waals surface area contributed by atoms with Crippen molar-refractivity contribution < 1.29 is 18.1 Å². The number of halogens is 1. The maximum atomic E-state index is 13.0. The zero-order chi connectivity index (χ0) is 22.6. The van der Waals surface area contributed by atoms with Crippen molar-refractivity contribution in [3.8, 4) is 0 Å². The predicted octanol–water partition coefficient (Wildman–Crippen LogP) is 2.31. The number of hydrogen-bond acceptors (Lipinski definition) is 6. The number of benzene rings is 1. The number of nitrogens with zero attached hydrogens (tertiary/aromatic N) is 4. The molecule has 10 nitrogen and oxygen atoms in total. The Balaban J connectivity index is 1.53. The average molecular weight is 474 g/mol. The Hall–Kier alpha value is -1.79. The van der Waals surface area contributed by atoms with Crippen LogP contribution in [0.25, 0.3) is 0 Å². The molecule has 2 fully saturated rings. The van der Waals surface area contributed by atoms with Crippen molar-refractivity contribution in [1.29, 1.82) is 0 Å². The van der Waals surface area contributed by atoms with Gasteiger partial charge in [-0.15, -0.1) is 0 Å². The molecule has 0 aromatic heterocycles. The van der Waals surface area contributed by atoms with E-state index in [0.29, 0.717) is 26.2 Å². The van der Waals surface area contributed by atoms with Gasteiger partial charge in [0.2, 0.25) is 5.91 Å². The van der Waals surface area contributed by atoms with Crippen LogP contribution in [0.4, 0.5) is 11.4 Å². The van der Waals surface area contributed by atoms with Gasteiger partial charge in [-0.2, -0.15) is 17.0 Å². The van der Waals surface area contributed by atoms with Gasteiger partial charge in [-0.3, -0.25) is 19.8 Å². The number of amides is 1. The highest BCUT2D eigenvalue weighted by molar-refractivity contribution is 7.86. The van der Waals surface area contributed by atoms with E-state index in [-0.39, 0.29) is 29.0 Å². The molecule has 1 aliphatic heterocycles. The molecule has 31 heavy (non-hydrogen) atoms. The monoisotopic (exact) mass is 473 g/mol. The lowest BCUT2D eigenvalue weighted by molar-refractivity contribution is -0.383. The van der Waals surface area contributed by atoms with Crippen LogP contribution in [0.3, 0.4) is 0 Å². The second kappa shape index (κ2) is 10.2. The van der Waals surface area contributed by atoms with Gasteiger partial charge in [-0.25, -0.2) is 0 Å². The van der Waals surface area contributed by atoms with Crippen LogP contribution in [-0.4, -0.2) is 78.6 Å². The molecule has 1 heterocycles. The number of nitrogens with one attached hydrogen (secondary N) is 1. The number of piperazine rings is 1. The maximum absolute atomic E-state index is 13.0. The van der Waals surface area contributed by atoms with Gasteiger partial charge in [0.05, 0.1) is 11.5 Å². The molecule has 0 spiro atoms. The molecule has 0 radical (unpaired) electrons. The third-order valence-corrected chi connectivity index (χ3v) is 8.19. The molecule has 1 N–H and O–H groups in total. The van der Waals surface area contributed by atoms with E-state index in [2.05, 4.69) is 5.32 Å². The van der Waals surface area contributed by atoms with E-state index in [1.54, 1.807) is 7.05 Å². The summed E-state index contributed by atoms with van der Waals surface area (Å²) >= 11 is 5.79. The molecule has 0 unspecified atom stereocenters. The Kier molecular flexibility index (Phi) is 7.87. The van der Waals surface area contributed by atoms with E-state index in [0.717, 1.165) is 32.1 Å². The summed E-state index contributed by atoms with van der Waals surface area (Å²) in [5.41, 5.74) is -0.197. The Bertz CT molecular complexity index is 914. The van der Waals surface area contributed by atoms with Crippen LogP contribution in [0.15, 0.2) is 18.2 Å². The summed E-state index contributed by atoms with van der Waals surface area (Å²) in [6.45, 7) is 1.44. The number of nitro benzene ring substituents is 1. The van der Waals surface area contributed by atoms with Gasteiger partial charge in [0, 0.05) is 50.4 Å². The first-order valence-corrected chi connectivity index (χ1v) is 12.1. The summed E-state index contributed by atoms with van der Waals surface area (Å²) in [4.78, 5) is 24.8. The van der Waals surface area contributed by atoms with E-state index in [1.165, 1.54) is 26.8 Å². The molecule has 1 aromatic rings. The van der Waals surface area contributed by atoms with Crippen molar-refractivity contribution in [2.24, 2.45) is 0 Å². The van der Waals surface area contributed by atoms with Crippen LogP contribution in [0, 0.1) is 10.1 Å². The van der Waals surface area contributed by atoms with Gasteiger partial charge < -0.3 is 5.32 Å². The lowest BCUT2D eigenvalue weighted by Crippen LogP contribution is -2.55. The minimum Gasteiger partial charge on any atom is -0.319 e. The standard InChI is InChI=1S/C19H28ClN5O5S/c1-22(16-5-3-2-4-6-16)31(29,30)24-11-9-23(10-12-24)14-19(26)21-17-8-7-15(20)13-18(17)25(27)28/h7-8,13,16H,2-6,9-12,14H2,1H3,(H,21,26). The zero-order valence-electron chi connectivity index (χ0n) is 17.5. The van der Waals surface area contributed by atoms with Gasteiger partial charge in [0.15, 0.2) is 0 Å². The normalized spacial score (nSPS) is 19.5. The van der Waals surface area contributed by atoms with Crippen molar-refractivity contribution in [2.75, 3.05) is 45.1 Å². The van der Waals surface area contributed by atoms with E-state index in [4.69, 9.17) is 11.6 Å². The first-order valence-electron chi connectivity index (χ1n) is 10.4. The molecule has 3 rings (SSSR count). The van der Waals surface area contributed by atoms with Gasteiger partial charge in [-0.1, -0.05) is 30.9 Å². The lowest BCUT2D eigenvalue weighted by Gasteiger charge is -2.38. The van der Waals surface area contributed by atoms with Crippen LogP contribution in [0.1, 0.15) is 32.1 Å². The molecule has 12 heteroatoms. The number of carbonyl (C=O) groups excluding carboxylic acids is 1. The fraction of sp³-hybridized carbons (Fsp3) is 0.632. The van der Waals surface area contributed by atoms with Gasteiger partial charge in [0.25, 0.3) is 15.9 Å². The number of carbonyl (C=O) groups is 1. The SMILES string of the molecule is CN(C1CCCCC1)S(=O)(=O)N1CCN(CC(=O)Nc2ccc(Cl)cc2[N+](=O)[O-])CC1. The Morgan fingerprint density at radius 1 is 1.23 bits per heavy atom. The molecule has 0 bridgehead atoms. The van der Waals surface area contributed by atoms with Crippen molar-refractivity contribution in [3.05, 3.63) is 33.3 Å². The van der Waals surface area contributed by atoms with Crippen molar-refractivity contribution >= 4 is 39.1 Å². The van der Waals surface area contributed by atoms with Gasteiger partial charge in [-0.05, 0) is 25.0 Å². The quantitative estimate of drug-likeness (QED) is 0.479. The van der Waals surface area contributed by atoms with Crippen molar-refractivity contribution in [1.82, 2.24) is 13.5 Å². The van der Waals surface area contributed by atoms with E-state index in [9.17, 15) is 23.3 Å². The predicted molar refractivity (Wildman–Crippen MR) is 118 cm³/mol. The molecule has 1 amide bonds. The third kappa shape index (κ3) is 5.92. The first-order chi connectivity index (χ1) is 14.7. The summed E-state index contributed by atoms with van der Waals surface area (Å²) in [6.07, 6.45) is 5.06. The topological polar surface area (TPSA) is 116 Å². The number of hydrogen-bond donors (Lipinski definition) is 1. The van der Waals surface area contributed by atoms with Crippen LogP contribution >= 0.6 is 11.6 Å². The molecule has 0 atom stereocenters. The average Bonchev–Trinajstić information content (AvgIpc) is 2.75. The summed E-state index contributed by atoms with van der Waals surface area (Å²) in [6, 6.07) is 4.10. The molecular formula is C19H28ClN5O5S. The zero-order valence-corrected chi connectivity index (χ0v) is 19.1. The van der Waals surface area contributed by atoms with Crippen LogP contribution < -0.4 is 5.32 Å².